The molecule has 2 heterocycles. The molecule has 4 rings (SSSR count). The second kappa shape index (κ2) is 11.9. The van der Waals surface area contributed by atoms with Gasteiger partial charge in [0.25, 0.3) is 0 Å². The van der Waals surface area contributed by atoms with E-state index in [-0.39, 0.29) is 30.1 Å². The van der Waals surface area contributed by atoms with Crippen molar-refractivity contribution in [3.8, 4) is 22.8 Å². The topological polar surface area (TPSA) is 90.6 Å². The number of carbonyl (C=O) groups is 1. The van der Waals surface area contributed by atoms with Gasteiger partial charge in [0.15, 0.2) is 17.4 Å². The largest absolute Gasteiger partial charge is 0.494 e. The predicted molar refractivity (Wildman–Crippen MR) is 143 cm³/mol. The first-order chi connectivity index (χ1) is 18.2. The molecule has 204 valence electrons. The van der Waals surface area contributed by atoms with Crippen molar-refractivity contribution in [2.45, 2.75) is 58.8 Å². The maximum Gasteiger partial charge on any atom is 0.351 e. The molecule has 0 bridgehead atoms. The summed E-state index contributed by atoms with van der Waals surface area (Å²) >= 11 is 0. The van der Waals surface area contributed by atoms with Crippen molar-refractivity contribution in [1.29, 1.82) is 0 Å². The average Bonchev–Trinajstić information content (AvgIpc) is 3.19. The van der Waals surface area contributed by atoms with Gasteiger partial charge >= 0.3 is 5.69 Å². The first kappa shape index (κ1) is 27.5. The standard InChI is InChI=1S/C28H36FN5O4/c1-18(2)30-26(35)15-33-27(22-8-11-24(29)25(14-22)37-5)31-34(28(33)36)23-9-6-21(7-10-23)12-13-32-19(3)16-38-17-20(32)4/h6-11,14,18-20H,12-13,15-17H2,1-5H3,(H,30,35). The number of methoxy groups -OCH3 is 1. The van der Waals surface area contributed by atoms with Crippen molar-refractivity contribution in [2.75, 3.05) is 26.9 Å². The monoisotopic (exact) mass is 525 g/mol. The van der Waals surface area contributed by atoms with Crippen LogP contribution in [-0.2, 0) is 22.5 Å². The highest BCUT2D eigenvalue weighted by Gasteiger charge is 2.25. The molecule has 2 aromatic carbocycles. The molecule has 1 saturated heterocycles. The fourth-order valence-electron chi connectivity index (χ4n) is 4.77. The lowest BCUT2D eigenvalue weighted by Gasteiger charge is -2.38. The second-order valence-electron chi connectivity index (χ2n) is 10.1. The smallest absolute Gasteiger partial charge is 0.351 e. The number of hydrogen-bond acceptors (Lipinski definition) is 6. The molecule has 1 fully saturated rings. The molecule has 9 nitrogen and oxygen atoms in total. The molecule has 1 aliphatic heterocycles. The van der Waals surface area contributed by atoms with Crippen molar-refractivity contribution in [3.05, 3.63) is 64.3 Å². The summed E-state index contributed by atoms with van der Waals surface area (Å²) < 4.78 is 27.4. The van der Waals surface area contributed by atoms with E-state index >= 15 is 0 Å². The zero-order valence-electron chi connectivity index (χ0n) is 22.6. The summed E-state index contributed by atoms with van der Waals surface area (Å²) in [7, 11) is 1.37. The molecule has 0 aliphatic carbocycles. The third-order valence-corrected chi connectivity index (χ3v) is 6.71. The van der Waals surface area contributed by atoms with Crippen LogP contribution in [0.3, 0.4) is 0 Å². The summed E-state index contributed by atoms with van der Waals surface area (Å²) in [5.74, 6) is -0.583. The Kier molecular flexibility index (Phi) is 8.63. The van der Waals surface area contributed by atoms with Gasteiger partial charge in [-0.25, -0.2) is 9.18 Å². The fourth-order valence-corrected chi connectivity index (χ4v) is 4.77. The minimum Gasteiger partial charge on any atom is -0.494 e. The molecule has 0 spiro atoms. The van der Waals surface area contributed by atoms with Gasteiger partial charge in [-0.1, -0.05) is 12.1 Å². The van der Waals surface area contributed by atoms with E-state index in [1.165, 1.54) is 34.6 Å². The van der Waals surface area contributed by atoms with Crippen LogP contribution in [-0.4, -0.2) is 70.1 Å². The van der Waals surface area contributed by atoms with Crippen LogP contribution in [0.1, 0.15) is 33.3 Å². The van der Waals surface area contributed by atoms with E-state index in [9.17, 15) is 14.0 Å². The predicted octanol–water partition coefficient (Wildman–Crippen LogP) is 3.03. The Hall–Kier alpha value is -3.50. The van der Waals surface area contributed by atoms with Crippen molar-refractivity contribution in [2.24, 2.45) is 0 Å². The van der Waals surface area contributed by atoms with Crippen LogP contribution < -0.4 is 15.7 Å². The van der Waals surface area contributed by atoms with E-state index in [2.05, 4.69) is 29.2 Å². The van der Waals surface area contributed by atoms with Crippen LogP contribution in [0, 0.1) is 5.82 Å². The van der Waals surface area contributed by atoms with Gasteiger partial charge in [0, 0.05) is 30.2 Å². The molecule has 38 heavy (non-hydrogen) atoms. The summed E-state index contributed by atoms with van der Waals surface area (Å²) in [4.78, 5) is 28.5. The fraction of sp³-hybridized carbons (Fsp3) is 0.464. The number of carbonyl (C=O) groups excluding carboxylic acids is 1. The highest BCUT2D eigenvalue weighted by molar-refractivity contribution is 5.76. The Labute approximate surface area is 222 Å². The molecule has 0 saturated carbocycles. The van der Waals surface area contributed by atoms with Crippen LogP contribution in [0.15, 0.2) is 47.3 Å². The maximum absolute atomic E-state index is 14.1. The summed E-state index contributed by atoms with van der Waals surface area (Å²) in [6.45, 7) is 10.2. The highest BCUT2D eigenvalue weighted by Crippen LogP contribution is 2.25. The third-order valence-electron chi connectivity index (χ3n) is 6.71. The number of morpholine rings is 1. The molecular weight excluding hydrogens is 489 g/mol. The van der Waals surface area contributed by atoms with Crippen LogP contribution in [0.4, 0.5) is 4.39 Å². The number of halogens is 1. The number of rotatable bonds is 9. The molecule has 1 N–H and O–H groups in total. The van der Waals surface area contributed by atoms with E-state index in [1.54, 1.807) is 0 Å². The molecule has 1 aromatic heterocycles. The van der Waals surface area contributed by atoms with Gasteiger partial charge in [0.1, 0.15) is 6.54 Å². The molecule has 0 radical (unpaired) electrons. The van der Waals surface area contributed by atoms with Crippen LogP contribution >= 0.6 is 0 Å². The first-order valence-corrected chi connectivity index (χ1v) is 12.9. The van der Waals surface area contributed by atoms with Gasteiger partial charge in [-0.05, 0) is 70.0 Å². The van der Waals surface area contributed by atoms with Gasteiger partial charge < -0.3 is 14.8 Å². The van der Waals surface area contributed by atoms with Gasteiger partial charge in [-0.3, -0.25) is 14.3 Å². The van der Waals surface area contributed by atoms with Crippen LogP contribution in [0.2, 0.25) is 0 Å². The number of aromatic nitrogens is 3. The van der Waals surface area contributed by atoms with Crippen LogP contribution in [0.5, 0.6) is 5.75 Å². The van der Waals surface area contributed by atoms with Crippen molar-refractivity contribution in [1.82, 2.24) is 24.6 Å². The Balaban J connectivity index is 1.62. The lowest BCUT2D eigenvalue weighted by molar-refractivity contribution is -0.122. The minimum absolute atomic E-state index is 0.0240. The molecule has 3 aromatic rings. The molecule has 1 aliphatic rings. The summed E-state index contributed by atoms with van der Waals surface area (Å²) in [6.07, 6.45) is 0.869. The van der Waals surface area contributed by atoms with Gasteiger partial charge in [0.2, 0.25) is 5.91 Å². The first-order valence-electron chi connectivity index (χ1n) is 12.9. The zero-order valence-corrected chi connectivity index (χ0v) is 22.6. The van der Waals surface area contributed by atoms with Crippen LogP contribution in [0.25, 0.3) is 17.1 Å². The lowest BCUT2D eigenvalue weighted by Crippen LogP contribution is -2.50. The van der Waals surface area contributed by atoms with Crippen molar-refractivity contribution >= 4 is 5.91 Å². The number of benzene rings is 2. The number of hydrogen-bond donors (Lipinski definition) is 1. The summed E-state index contributed by atoms with van der Waals surface area (Å²) in [5.41, 5.74) is 1.71. The van der Waals surface area contributed by atoms with E-state index in [0.717, 1.165) is 31.7 Å². The van der Waals surface area contributed by atoms with Gasteiger partial charge in [0.05, 0.1) is 26.0 Å². The Morgan fingerprint density at radius 1 is 1.16 bits per heavy atom. The molecule has 2 unspecified atom stereocenters. The average molecular weight is 526 g/mol. The number of amides is 1. The number of ether oxygens (including phenoxy) is 2. The number of nitrogens with one attached hydrogen (secondary N) is 1. The number of nitrogens with zero attached hydrogens (tertiary/aromatic N) is 4. The molecule has 10 heteroatoms. The normalized spacial score (nSPS) is 18.1. The zero-order chi connectivity index (χ0) is 27.4. The quantitative estimate of drug-likeness (QED) is 0.462. The van der Waals surface area contributed by atoms with Crippen molar-refractivity contribution in [3.63, 3.8) is 0 Å². The van der Waals surface area contributed by atoms with E-state index in [1.807, 2.05) is 38.1 Å². The Morgan fingerprint density at radius 3 is 2.47 bits per heavy atom. The lowest BCUT2D eigenvalue weighted by atomic mass is 10.1. The van der Waals surface area contributed by atoms with E-state index < -0.39 is 11.5 Å². The third kappa shape index (κ3) is 6.14. The van der Waals surface area contributed by atoms with E-state index in [4.69, 9.17) is 9.47 Å². The minimum atomic E-state index is -0.529. The highest BCUT2D eigenvalue weighted by atomic mass is 19.1. The Morgan fingerprint density at radius 2 is 1.84 bits per heavy atom. The summed E-state index contributed by atoms with van der Waals surface area (Å²) in [5, 5.41) is 7.34. The molecule has 1 amide bonds. The summed E-state index contributed by atoms with van der Waals surface area (Å²) in [6, 6.07) is 12.6. The van der Waals surface area contributed by atoms with E-state index in [0.29, 0.717) is 23.3 Å². The SMILES string of the molecule is COc1cc(-c2nn(-c3ccc(CCN4C(C)COCC4C)cc3)c(=O)n2CC(=O)NC(C)C)ccc1F. The van der Waals surface area contributed by atoms with Gasteiger partial charge in [-0.15, -0.1) is 5.10 Å². The molecule has 2 atom stereocenters. The second-order valence-corrected chi connectivity index (χ2v) is 10.1. The molecular formula is C28H36FN5O4. The maximum atomic E-state index is 14.1. The Bertz CT molecular complexity index is 1310. The van der Waals surface area contributed by atoms with Crippen molar-refractivity contribution < 1.29 is 18.7 Å². The van der Waals surface area contributed by atoms with Gasteiger partial charge in [-0.2, -0.15) is 4.68 Å².